The van der Waals surface area contributed by atoms with E-state index in [0.717, 1.165) is 19.1 Å². The first kappa shape index (κ1) is 16.0. The van der Waals surface area contributed by atoms with Gasteiger partial charge in [0.25, 0.3) is 5.91 Å². The van der Waals surface area contributed by atoms with Gasteiger partial charge in [0.15, 0.2) is 0 Å². The van der Waals surface area contributed by atoms with E-state index in [-0.39, 0.29) is 16.5 Å². The zero-order valence-electron chi connectivity index (χ0n) is 12.6. The van der Waals surface area contributed by atoms with Crippen LogP contribution < -0.4 is 22.1 Å². The summed E-state index contributed by atoms with van der Waals surface area (Å²) < 4.78 is 0. The van der Waals surface area contributed by atoms with Gasteiger partial charge in [-0.2, -0.15) is 4.98 Å². The van der Waals surface area contributed by atoms with Crippen molar-refractivity contribution in [2.24, 2.45) is 5.73 Å². The lowest BCUT2D eigenvalue weighted by Crippen LogP contribution is -2.17. The van der Waals surface area contributed by atoms with E-state index in [1.54, 1.807) is 12.1 Å². The number of nitrogens with zero attached hydrogens (tertiary/aromatic N) is 2. The number of benzene rings is 1. The van der Waals surface area contributed by atoms with Crippen LogP contribution in [0, 0.1) is 5.41 Å². The maximum atomic E-state index is 11.5. The lowest BCUT2D eigenvalue weighted by molar-refractivity contribution is 0.100. The second kappa shape index (κ2) is 6.32. The second-order valence-electron chi connectivity index (χ2n) is 5.44. The number of nitrogens with two attached hydrogens (primary N) is 2. The molecule has 1 aromatic carbocycles. The molecule has 7 N–H and O–H groups in total. The normalized spacial score (nSPS) is 13.4. The summed E-state index contributed by atoms with van der Waals surface area (Å²) in [6.45, 7) is 0. The van der Waals surface area contributed by atoms with Crippen molar-refractivity contribution in [3.05, 3.63) is 34.5 Å². The van der Waals surface area contributed by atoms with Crippen LogP contribution in [0.2, 0.25) is 5.02 Å². The van der Waals surface area contributed by atoms with Crippen LogP contribution in [-0.4, -0.2) is 28.1 Å². The van der Waals surface area contributed by atoms with Crippen molar-refractivity contribution in [2.75, 3.05) is 16.4 Å². The molecule has 3 rings (SSSR count). The van der Waals surface area contributed by atoms with Crippen LogP contribution in [0.1, 0.15) is 28.8 Å². The molecule has 2 aromatic rings. The van der Waals surface area contributed by atoms with Crippen molar-refractivity contribution in [3.8, 4) is 0 Å². The molecule has 1 aliphatic carbocycles. The van der Waals surface area contributed by atoms with Crippen molar-refractivity contribution >= 4 is 46.9 Å². The maximum Gasteiger partial charge on any atom is 0.254 e. The number of carbonyl (C=O) groups is 1. The van der Waals surface area contributed by atoms with E-state index in [1.165, 1.54) is 6.20 Å². The van der Waals surface area contributed by atoms with Crippen LogP contribution >= 0.6 is 11.6 Å². The average molecular weight is 346 g/mol. The predicted octanol–water partition coefficient (Wildman–Crippen LogP) is 2.13. The third-order valence-electron chi connectivity index (χ3n) is 3.59. The summed E-state index contributed by atoms with van der Waals surface area (Å²) >= 11 is 6.21. The molecule has 124 valence electrons. The number of hydrogen-bond acceptors (Lipinski definition) is 7. The first-order valence-electron chi connectivity index (χ1n) is 7.28. The van der Waals surface area contributed by atoms with Gasteiger partial charge in [0.05, 0.1) is 22.0 Å². The fraction of sp³-hybridized carbons (Fsp3) is 0.200. The van der Waals surface area contributed by atoms with Crippen molar-refractivity contribution in [1.29, 1.82) is 5.41 Å². The average Bonchev–Trinajstić information content (AvgIpc) is 3.36. The number of amides is 1. The van der Waals surface area contributed by atoms with Crippen LogP contribution in [0.25, 0.3) is 0 Å². The highest BCUT2D eigenvalue weighted by atomic mass is 35.5. The molecule has 1 aromatic heterocycles. The lowest BCUT2D eigenvalue weighted by atomic mass is 10.1. The molecular weight excluding hydrogens is 330 g/mol. The van der Waals surface area contributed by atoms with E-state index < -0.39 is 5.91 Å². The molecule has 0 radical (unpaired) electrons. The van der Waals surface area contributed by atoms with E-state index in [0.29, 0.717) is 28.8 Å². The summed E-state index contributed by atoms with van der Waals surface area (Å²) in [4.78, 5) is 19.9. The molecule has 1 saturated carbocycles. The van der Waals surface area contributed by atoms with Crippen molar-refractivity contribution in [3.63, 3.8) is 0 Å². The molecule has 8 nitrogen and oxygen atoms in total. The summed E-state index contributed by atoms with van der Waals surface area (Å²) in [5.74, 6) is 0.0528. The minimum Gasteiger partial charge on any atom is -0.397 e. The molecule has 1 aliphatic rings. The third-order valence-corrected chi connectivity index (χ3v) is 4.00. The molecule has 0 aliphatic heterocycles. The Labute approximate surface area is 143 Å². The first-order valence-corrected chi connectivity index (χ1v) is 7.66. The second-order valence-corrected chi connectivity index (χ2v) is 5.82. The first-order chi connectivity index (χ1) is 11.5. The highest BCUT2D eigenvalue weighted by Crippen LogP contribution is 2.32. The van der Waals surface area contributed by atoms with Crippen LogP contribution in [-0.2, 0) is 0 Å². The Morgan fingerprint density at radius 1 is 1.42 bits per heavy atom. The van der Waals surface area contributed by atoms with Crippen molar-refractivity contribution < 1.29 is 4.79 Å². The molecule has 1 amide bonds. The largest absolute Gasteiger partial charge is 0.397 e. The van der Waals surface area contributed by atoms with Gasteiger partial charge in [0.1, 0.15) is 5.82 Å². The van der Waals surface area contributed by atoms with Gasteiger partial charge in [0.2, 0.25) is 5.95 Å². The Morgan fingerprint density at radius 2 is 2.17 bits per heavy atom. The Hall–Kier alpha value is -2.87. The minimum absolute atomic E-state index is 0.234. The van der Waals surface area contributed by atoms with Crippen LogP contribution in [0.5, 0.6) is 0 Å². The summed E-state index contributed by atoms with van der Waals surface area (Å²) in [7, 11) is 0. The number of carbonyl (C=O) groups excluding carboxylic acids is 1. The SMILES string of the molecule is N=Cc1ccc(Nc2ncc(C(N)=O)c(NC3CC3)n2)c(Cl)c1N. The Kier molecular flexibility index (Phi) is 4.22. The summed E-state index contributed by atoms with van der Waals surface area (Å²) in [6.07, 6.45) is 4.54. The van der Waals surface area contributed by atoms with Crippen LogP contribution in [0.3, 0.4) is 0 Å². The smallest absolute Gasteiger partial charge is 0.254 e. The van der Waals surface area contributed by atoms with E-state index >= 15 is 0 Å². The fourth-order valence-corrected chi connectivity index (χ4v) is 2.32. The van der Waals surface area contributed by atoms with E-state index in [2.05, 4.69) is 20.6 Å². The number of aromatic nitrogens is 2. The summed E-state index contributed by atoms with van der Waals surface area (Å²) in [5.41, 5.74) is 12.8. The zero-order valence-corrected chi connectivity index (χ0v) is 13.4. The number of hydrogen-bond donors (Lipinski definition) is 5. The standard InChI is InChI=1S/C15H16ClN7O/c16-11-10(4-1-7(5-17)12(11)18)22-15-20-6-9(13(19)24)14(23-15)21-8-2-3-8/h1,4-6,8,17H,2-3,18H2,(H2,19,24)(H2,20,21,22,23). The van der Waals surface area contributed by atoms with E-state index in [1.807, 2.05) is 0 Å². The predicted molar refractivity (Wildman–Crippen MR) is 94.2 cm³/mol. The van der Waals surface area contributed by atoms with Gasteiger partial charge < -0.3 is 27.5 Å². The molecular formula is C15H16ClN7O. The molecule has 0 spiro atoms. The van der Waals surface area contributed by atoms with E-state index in [4.69, 9.17) is 28.5 Å². The highest BCUT2D eigenvalue weighted by molar-refractivity contribution is 6.36. The van der Waals surface area contributed by atoms with Gasteiger partial charge in [-0.05, 0) is 25.0 Å². The van der Waals surface area contributed by atoms with Gasteiger partial charge >= 0.3 is 0 Å². The number of halogens is 1. The van der Waals surface area contributed by atoms with Crippen LogP contribution in [0.4, 0.5) is 23.1 Å². The zero-order chi connectivity index (χ0) is 17.3. The Morgan fingerprint density at radius 3 is 2.79 bits per heavy atom. The van der Waals surface area contributed by atoms with Gasteiger partial charge in [-0.1, -0.05) is 11.6 Å². The fourth-order valence-electron chi connectivity index (χ4n) is 2.10. The van der Waals surface area contributed by atoms with Crippen molar-refractivity contribution in [2.45, 2.75) is 18.9 Å². The third kappa shape index (κ3) is 3.23. The molecule has 1 heterocycles. The number of nitrogen functional groups attached to an aromatic ring is 1. The van der Waals surface area contributed by atoms with Crippen molar-refractivity contribution in [1.82, 2.24) is 9.97 Å². The number of primary amides is 1. The van der Waals surface area contributed by atoms with Gasteiger partial charge in [-0.15, -0.1) is 0 Å². The van der Waals surface area contributed by atoms with Gasteiger partial charge in [-0.3, -0.25) is 4.79 Å². The highest BCUT2D eigenvalue weighted by Gasteiger charge is 2.24. The molecule has 0 saturated heterocycles. The monoisotopic (exact) mass is 345 g/mol. The molecule has 0 atom stereocenters. The molecule has 0 unspecified atom stereocenters. The van der Waals surface area contributed by atoms with E-state index in [9.17, 15) is 4.79 Å². The minimum atomic E-state index is -0.595. The molecule has 0 bridgehead atoms. The van der Waals surface area contributed by atoms with Crippen LogP contribution in [0.15, 0.2) is 18.3 Å². The van der Waals surface area contributed by atoms with Gasteiger partial charge in [-0.25, -0.2) is 4.98 Å². The molecule has 1 fully saturated rings. The maximum absolute atomic E-state index is 11.5. The number of nitrogens with one attached hydrogen (secondary N) is 3. The molecule has 24 heavy (non-hydrogen) atoms. The summed E-state index contributed by atoms with van der Waals surface area (Å²) in [5, 5.41) is 13.7. The van der Waals surface area contributed by atoms with Gasteiger partial charge in [0, 0.05) is 24.0 Å². The summed E-state index contributed by atoms with van der Waals surface area (Å²) in [6, 6.07) is 3.65. The topological polar surface area (TPSA) is 143 Å². The quantitative estimate of drug-likeness (QED) is 0.401. The number of rotatable bonds is 6. The lowest BCUT2D eigenvalue weighted by Gasteiger charge is -2.13. The Balaban J connectivity index is 1.91. The number of anilines is 4. The Bertz CT molecular complexity index is 820. The molecule has 9 heteroatoms.